The van der Waals surface area contributed by atoms with Crippen LogP contribution in [0, 0.1) is 6.92 Å². The van der Waals surface area contributed by atoms with Crippen molar-refractivity contribution in [3.05, 3.63) is 52.0 Å². The standard InChI is InChI=1S/C20H25N3OS/c1-16-18(25-15-21-16)14-23-12-6-10-20(23)9-5-11-22(19(20)24)13-17-7-3-2-4-8-17/h2-4,7-8,15H,5-6,9-14H2,1H3. The molecule has 2 aromatic rings. The van der Waals surface area contributed by atoms with E-state index < -0.39 is 0 Å². The van der Waals surface area contributed by atoms with Gasteiger partial charge in [-0.25, -0.2) is 4.98 Å². The third-order valence-corrected chi connectivity index (χ3v) is 6.64. The first-order chi connectivity index (χ1) is 12.2. The van der Waals surface area contributed by atoms with Crippen LogP contribution in [0.4, 0.5) is 0 Å². The Morgan fingerprint density at radius 1 is 1.12 bits per heavy atom. The lowest BCUT2D eigenvalue weighted by Crippen LogP contribution is -2.59. The second-order valence-corrected chi connectivity index (χ2v) is 8.17. The van der Waals surface area contributed by atoms with E-state index >= 15 is 0 Å². The molecular formula is C20H25N3OS. The van der Waals surface area contributed by atoms with Gasteiger partial charge < -0.3 is 4.90 Å². The Kier molecular flexibility index (Phi) is 4.61. The van der Waals surface area contributed by atoms with E-state index in [-0.39, 0.29) is 5.54 Å². The van der Waals surface area contributed by atoms with Crippen LogP contribution in [0.1, 0.15) is 41.8 Å². The average Bonchev–Trinajstić information content (AvgIpc) is 3.21. The molecule has 25 heavy (non-hydrogen) atoms. The largest absolute Gasteiger partial charge is 0.337 e. The summed E-state index contributed by atoms with van der Waals surface area (Å²) >= 11 is 1.71. The maximum Gasteiger partial charge on any atom is 0.243 e. The van der Waals surface area contributed by atoms with E-state index in [4.69, 9.17) is 0 Å². The molecule has 5 heteroatoms. The molecule has 1 unspecified atom stereocenters. The van der Waals surface area contributed by atoms with Gasteiger partial charge in [0.25, 0.3) is 0 Å². The predicted octanol–water partition coefficient (Wildman–Crippen LogP) is 3.61. The van der Waals surface area contributed by atoms with Crippen LogP contribution in [0.2, 0.25) is 0 Å². The summed E-state index contributed by atoms with van der Waals surface area (Å²) in [5, 5.41) is 0. The molecule has 2 fully saturated rings. The number of benzene rings is 1. The van der Waals surface area contributed by atoms with Gasteiger partial charge in [-0.1, -0.05) is 30.3 Å². The number of aryl methyl sites for hydroxylation is 1. The molecule has 1 amide bonds. The van der Waals surface area contributed by atoms with E-state index in [2.05, 4.69) is 33.8 Å². The molecule has 0 bridgehead atoms. The Morgan fingerprint density at radius 2 is 1.88 bits per heavy atom. The smallest absolute Gasteiger partial charge is 0.243 e. The highest BCUT2D eigenvalue weighted by atomic mass is 32.1. The normalized spacial score (nSPS) is 24.4. The van der Waals surface area contributed by atoms with Gasteiger partial charge in [-0.15, -0.1) is 11.3 Å². The summed E-state index contributed by atoms with van der Waals surface area (Å²) in [5.74, 6) is 0.335. The molecule has 4 rings (SSSR count). The zero-order valence-corrected chi connectivity index (χ0v) is 15.6. The molecule has 3 heterocycles. The van der Waals surface area contributed by atoms with E-state index in [0.717, 1.165) is 57.6 Å². The summed E-state index contributed by atoms with van der Waals surface area (Å²) in [7, 11) is 0. The number of carbonyl (C=O) groups excluding carboxylic acids is 1. The third-order valence-electron chi connectivity index (χ3n) is 5.72. The van der Waals surface area contributed by atoms with Gasteiger partial charge in [0.2, 0.25) is 5.91 Å². The quantitative estimate of drug-likeness (QED) is 0.841. The first-order valence-corrected chi connectivity index (χ1v) is 10.0. The van der Waals surface area contributed by atoms with Crippen molar-refractivity contribution in [3.63, 3.8) is 0 Å². The molecular weight excluding hydrogens is 330 g/mol. The van der Waals surface area contributed by atoms with Crippen molar-refractivity contribution < 1.29 is 4.79 Å². The Bertz CT molecular complexity index is 744. The van der Waals surface area contributed by atoms with Gasteiger partial charge in [-0.2, -0.15) is 0 Å². The fraction of sp³-hybridized carbons (Fsp3) is 0.500. The highest BCUT2D eigenvalue weighted by molar-refractivity contribution is 7.09. The van der Waals surface area contributed by atoms with Crippen LogP contribution in [-0.4, -0.2) is 39.3 Å². The molecule has 4 nitrogen and oxygen atoms in total. The second kappa shape index (κ2) is 6.89. The molecule has 0 saturated carbocycles. The van der Waals surface area contributed by atoms with Gasteiger partial charge in [0.05, 0.1) is 11.2 Å². The second-order valence-electron chi connectivity index (χ2n) is 7.23. The minimum atomic E-state index is -0.288. The molecule has 1 aromatic carbocycles. The molecule has 1 spiro atoms. The molecule has 2 saturated heterocycles. The average molecular weight is 356 g/mol. The lowest BCUT2D eigenvalue weighted by molar-refractivity contribution is -0.148. The SMILES string of the molecule is Cc1ncsc1CN1CCCC12CCCN(Cc1ccccc1)C2=O. The molecule has 0 radical (unpaired) electrons. The fourth-order valence-electron chi connectivity index (χ4n) is 4.36. The number of rotatable bonds is 4. The van der Waals surface area contributed by atoms with Gasteiger partial charge in [0.1, 0.15) is 5.54 Å². The number of amides is 1. The number of piperidine rings is 1. The van der Waals surface area contributed by atoms with E-state index in [9.17, 15) is 4.79 Å². The summed E-state index contributed by atoms with van der Waals surface area (Å²) in [6, 6.07) is 10.4. The van der Waals surface area contributed by atoms with E-state index in [1.54, 1.807) is 11.3 Å². The number of hydrogen-bond donors (Lipinski definition) is 0. The zero-order valence-electron chi connectivity index (χ0n) is 14.8. The molecule has 0 aliphatic carbocycles. The number of likely N-dealkylation sites (tertiary alicyclic amines) is 2. The van der Waals surface area contributed by atoms with Gasteiger partial charge >= 0.3 is 0 Å². The number of thiazole rings is 1. The minimum Gasteiger partial charge on any atom is -0.337 e. The molecule has 1 atom stereocenters. The van der Waals surface area contributed by atoms with Gasteiger partial charge in [0.15, 0.2) is 0 Å². The number of carbonyl (C=O) groups is 1. The minimum absolute atomic E-state index is 0.288. The lowest BCUT2D eigenvalue weighted by atomic mass is 9.85. The number of hydrogen-bond acceptors (Lipinski definition) is 4. The monoisotopic (exact) mass is 355 g/mol. The number of nitrogens with zero attached hydrogens (tertiary/aromatic N) is 3. The van der Waals surface area contributed by atoms with Crippen LogP contribution < -0.4 is 0 Å². The summed E-state index contributed by atoms with van der Waals surface area (Å²) < 4.78 is 0. The summed E-state index contributed by atoms with van der Waals surface area (Å²) in [6.45, 7) is 5.56. The van der Waals surface area contributed by atoms with E-state index in [0.29, 0.717) is 5.91 Å². The summed E-state index contributed by atoms with van der Waals surface area (Å²) in [6.07, 6.45) is 4.20. The van der Waals surface area contributed by atoms with Crippen molar-refractivity contribution in [1.82, 2.24) is 14.8 Å². The van der Waals surface area contributed by atoms with Gasteiger partial charge in [-0.05, 0) is 44.7 Å². The van der Waals surface area contributed by atoms with Crippen LogP contribution in [0.15, 0.2) is 35.8 Å². The highest BCUT2D eigenvalue weighted by Crippen LogP contribution is 2.40. The molecule has 0 N–H and O–H groups in total. The molecule has 2 aliphatic rings. The van der Waals surface area contributed by atoms with E-state index in [1.807, 2.05) is 23.7 Å². The van der Waals surface area contributed by atoms with Crippen LogP contribution >= 0.6 is 11.3 Å². The first-order valence-electron chi connectivity index (χ1n) is 9.16. The Hall–Kier alpha value is -1.72. The van der Waals surface area contributed by atoms with Crippen molar-refractivity contribution in [3.8, 4) is 0 Å². The molecule has 132 valence electrons. The van der Waals surface area contributed by atoms with Gasteiger partial charge in [-0.3, -0.25) is 9.69 Å². The van der Waals surface area contributed by atoms with Crippen molar-refractivity contribution in [2.45, 2.75) is 51.2 Å². The first kappa shape index (κ1) is 16.7. The summed E-state index contributed by atoms with van der Waals surface area (Å²) in [5.41, 5.74) is 3.95. The third kappa shape index (κ3) is 3.11. The van der Waals surface area contributed by atoms with Crippen LogP contribution in [-0.2, 0) is 17.9 Å². The zero-order chi connectivity index (χ0) is 17.3. The Labute approximate surface area is 153 Å². The van der Waals surface area contributed by atoms with Crippen molar-refractivity contribution in [2.75, 3.05) is 13.1 Å². The van der Waals surface area contributed by atoms with Crippen molar-refractivity contribution in [2.24, 2.45) is 0 Å². The maximum absolute atomic E-state index is 13.4. The maximum atomic E-state index is 13.4. The van der Waals surface area contributed by atoms with Crippen molar-refractivity contribution >= 4 is 17.2 Å². The van der Waals surface area contributed by atoms with Crippen LogP contribution in [0.25, 0.3) is 0 Å². The van der Waals surface area contributed by atoms with Gasteiger partial charge in [0, 0.05) is 24.5 Å². The van der Waals surface area contributed by atoms with Crippen LogP contribution in [0.5, 0.6) is 0 Å². The molecule has 2 aliphatic heterocycles. The van der Waals surface area contributed by atoms with Crippen molar-refractivity contribution in [1.29, 1.82) is 0 Å². The topological polar surface area (TPSA) is 36.4 Å². The predicted molar refractivity (Wildman–Crippen MR) is 100 cm³/mol. The lowest BCUT2D eigenvalue weighted by Gasteiger charge is -2.44. The number of aromatic nitrogens is 1. The Balaban J connectivity index is 1.55. The molecule has 1 aromatic heterocycles. The highest BCUT2D eigenvalue weighted by Gasteiger charge is 2.50. The summed E-state index contributed by atoms with van der Waals surface area (Å²) in [4.78, 5) is 23.6. The van der Waals surface area contributed by atoms with E-state index in [1.165, 1.54) is 10.4 Å². The fourth-order valence-corrected chi connectivity index (χ4v) is 5.15. The van der Waals surface area contributed by atoms with Crippen LogP contribution in [0.3, 0.4) is 0 Å². The Morgan fingerprint density at radius 3 is 2.60 bits per heavy atom.